The minimum atomic E-state index is -0.637. The van der Waals surface area contributed by atoms with E-state index in [1.807, 2.05) is 63.2 Å². The first-order valence-electron chi connectivity index (χ1n) is 8.41. The Morgan fingerprint density at radius 3 is 2.56 bits per heavy atom. The zero-order chi connectivity index (χ0) is 18.4. The van der Waals surface area contributed by atoms with Crippen LogP contribution in [0.1, 0.15) is 30.0 Å². The zero-order valence-electron chi connectivity index (χ0n) is 15.2. The van der Waals surface area contributed by atoms with Crippen LogP contribution >= 0.6 is 0 Å². The van der Waals surface area contributed by atoms with Gasteiger partial charge in [-0.15, -0.1) is 0 Å². The van der Waals surface area contributed by atoms with Crippen molar-refractivity contribution in [1.29, 1.82) is 5.26 Å². The van der Waals surface area contributed by atoms with Gasteiger partial charge < -0.3 is 9.64 Å². The van der Waals surface area contributed by atoms with Gasteiger partial charge in [0.15, 0.2) is 6.10 Å². The van der Waals surface area contributed by atoms with Crippen LogP contribution < -0.4 is 9.64 Å². The molecule has 0 aromatic heterocycles. The van der Waals surface area contributed by atoms with Crippen molar-refractivity contribution in [2.45, 2.75) is 40.2 Å². The van der Waals surface area contributed by atoms with Gasteiger partial charge >= 0.3 is 0 Å². The van der Waals surface area contributed by atoms with Crippen LogP contribution in [-0.2, 0) is 4.79 Å². The number of ether oxygens (including phenoxy) is 1. The van der Waals surface area contributed by atoms with Crippen LogP contribution in [0.5, 0.6) is 5.75 Å². The summed E-state index contributed by atoms with van der Waals surface area (Å²) >= 11 is 0. The van der Waals surface area contributed by atoms with Gasteiger partial charge in [-0.25, -0.2) is 0 Å². The first-order chi connectivity index (χ1) is 11.9. The van der Waals surface area contributed by atoms with Crippen molar-refractivity contribution in [2.75, 3.05) is 11.4 Å². The lowest BCUT2D eigenvalue weighted by Gasteiger charge is -2.26. The predicted octanol–water partition coefficient (Wildman–Crippen LogP) is 4.33. The second kappa shape index (κ2) is 8.34. The molecule has 0 bridgehead atoms. The Bertz CT molecular complexity index is 793. The number of benzene rings is 2. The molecule has 0 N–H and O–H groups in total. The summed E-state index contributed by atoms with van der Waals surface area (Å²) in [5.41, 5.74) is 4.15. The number of rotatable bonds is 6. The van der Waals surface area contributed by atoms with E-state index in [0.29, 0.717) is 12.3 Å². The zero-order valence-corrected chi connectivity index (χ0v) is 15.2. The van der Waals surface area contributed by atoms with Crippen LogP contribution in [-0.4, -0.2) is 18.6 Å². The van der Waals surface area contributed by atoms with Crippen LogP contribution in [0.15, 0.2) is 42.5 Å². The molecule has 1 atom stereocenters. The van der Waals surface area contributed by atoms with E-state index < -0.39 is 6.10 Å². The van der Waals surface area contributed by atoms with Gasteiger partial charge in [-0.05, 0) is 68.7 Å². The van der Waals surface area contributed by atoms with Crippen molar-refractivity contribution in [2.24, 2.45) is 0 Å². The summed E-state index contributed by atoms with van der Waals surface area (Å²) in [7, 11) is 0. The van der Waals surface area contributed by atoms with Crippen LogP contribution in [0.4, 0.5) is 5.69 Å². The molecule has 1 unspecified atom stereocenters. The largest absolute Gasteiger partial charge is 0.481 e. The maximum absolute atomic E-state index is 12.9. The van der Waals surface area contributed by atoms with E-state index in [0.717, 1.165) is 16.8 Å². The highest BCUT2D eigenvalue weighted by molar-refractivity contribution is 5.96. The van der Waals surface area contributed by atoms with E-state index in [9.17, 15) is 4.79 Å². The van der Waals surface area contributed by atoms with Crippen LogP contribution in [0, 0.1) is 32.1 Å². The van der Waals surface area contributed by atoms with Gasteiger partial charge in [0.2, 0.25) is 0 Å². The SMILES string of the molecule is Cc1cccc(OC(C)C(=O)N(CCC#N)c2ccc(C)c(C)c2)c1. The summed E-state index contributed by atoms with van der Waals surface area (Å²) in [5, 5.41) is 8.93. The molecule has 2 aromatic rings. The third-order valence-corrected chi connectivity index (χ3v) is 4.17. The van der Waals surface area contributed by atoms with E-state index in [2.05, 4.69) is 6.07 Å². The summed E-state index contributed by atoms with van der Waals surface area (Å²) in [6, 6.07) is 15.6. The number of nitriles is 1. The molecule has 0 saturated heterocycles. The summed E-state index contributed by atoms with van der Waals surface area (Å²) in [4.78, 5) is 14.6. The first-order valence-corrected chi connectivity index (χ1v) is 8.41. The lowest BCUT2D eigenvalue weighted by atomic mass is 10.1. The molecule has 0 radical (unpaired) electrons. The Hall–Kier alpha value is -2.80. The maximum atomic E-state index is 12.9. The standard InChI is InChI=1S/C21H24N2O2/c1-15-7-5-8-20(13-15)25-18(4)21(24)23(12-6-11-22)19-10-9-16(2)17(3)14-19/h5,7-10,13-14,18H,6,12H2,1-4H3. The molecular weight excluding hydrogens is 312 g/mol. The lowest BCUT2D eigenvalue weighted by Crippen LogP contribution is -2.41. The van der Waals surface area contributed by atoms with Crippen molar-refractivity contribution >= 4 is 11.6 Å². The molecule has 0 saturated carbocycles. The molecular formula is C21H24N2O2. The number of carbonyl (C=O) groups excluding carboxylic acids is 1. The number of aryl methyl sites for hydroxylation is 3. The maximum Gasteiger partial charge on any atom is 0.267 e. The summed E-state index contributed by atoms with van der Waals surface area (Å²) in [6.45, 7) is 8.11. The van der Waals surface area contributed by atoms with Crippen LogP contribution in [0.2, 0.25) is 0 Å². The molecule has 130 valence electrons. The average molecular weight is 336 g/mol. The van der Waals surface area contributed by atoms with Gasteiger partial charge in [-0.3, -0.25) is 4.79 Å². The lowest BCUT2D eigenvalue weighted by molar-refractivity contribution is -0.124. The monoisotopic (exact) mass is 336 g/mol. The molecule has 0 fully saturated rings. The Kier molecular flexibility index (Phi) is 6.19. The van der Waals surface area contributed by atoms with Crippen molar-refractivity contribution in [3.05, 3.63) is 59.2 Å². The quantitative estimate of drug-likeness (QED) is 0.789. The van der Waals surface area contributed by atoms with Crippen LogP contribution in [0.25, 0.3) is 0 Å². The highest BCUT2D eigenvalue weighted by atomic mass is 16.5. The topological polar surface area (TPSA) is 53.3 Å². The van der Waals surface area contributed by atoms with Crippen molar-refractivity contribution in [3.63, 3.8) is 0 Å². The molecule has 25 heavy (non-hydrogen) atoms. The number of hydrogen-bond donors (Lipinski definition) is 0. The van der Waals surface area contributed by atoms with E-state index >= 15 is 0 Å². The number of anilines is 1. The number of nitrogens with zero attached hydrogens (tertiary/aromatic N) is 2. The van der Waals surface area contributed by atoms with Gasteiger partial charge in [0.05, 0.1) is 12.5 Å². The second-order valence-electron chi connectivity index (χ2n) is 6.24. The molecule has 0 aliphatic rings. The molecule has 0 heterocycles. The minimum absolute atomic E-state index is 0.153. The van der Waals surface area contributed by atoms with E-state index in [4.69, 9.17) is 10.00 Å². The van der Waals surface area contributed by atoms with Gasteiger partial charge in [-0.2, -0.15) is 5.26 Å². The number of carbonyl (C=O) groups is 1. The molecule has 2 aromatic carbocycles. The van der Waals surface area contributed by atoms with Crippen molar-refractivity contribution < 1.29 is 9.53 Å². The molecule has 0 spiro atoms. The summed E-state index contributed by atoms with van der Waals surface area (Å²) in [5.74, 6) is 0.515. The third kappa shape index (κ3) is 4.84. The Morgan fingerprint density at radius 1 is 1.16 bits per heavy atom. The minimum Gasteiger partial charge on any atom is -0.481 e. The predicted molar refractivity (Wildman–Crippen MR) is 99.8 cm³/mol. The molecule has 4 heteroatoms. The molecule has 0 aliphatic heterocycles. The number of hydrogen-bond acceptors (Lipinski definition) is 3. The number of amides is 1. The normalized spacial score (nSPS) is 11.5. The van der Waals surface area contributed by atoms with Gasteiger partial charge in [-0.1, -0.05) is 18.2 Å². The highest BCUT2D eigenvalue weighted by Gasteiger charge is 2.23. The average Bonchev–Trinajstić information content (AvgIpc) is 2.58. The Balaban J connectivity index is 2.22. The van der Waals surface area contributed by atoms with Crippen molar-refractivity contribution in [3.8, 4) is 11.8 Å². The fourth-order valence-corrected chi connectivity index (χ4v) is 2.58. The van der Waals surface area contributed by atoms with E-state index in [1.165, 1.54) is 5.56 Å². The molecule has 0 aliphatic carbocycles. The van der Waals surface area contributed by atoms with Gasteiger partial charge in [0, 0.05) is 12.2 Å². The fraction of sp³-hybridized carbons (Fsp3) is 0.333. The van der Waals surface area contributed by atoms with Gasteiger partial charge in [0.25, 0.3) is 5.91 Å². The Morgan fingerprint density at radius 2 is 1.92 bits per heavy atom. The summed E-state index contributed by atoms with van der Waals surface area (Å²) in [6.07, 6.45) is -0.363. The highest BCUT2D eigenvalue weighted by Crippen LogP contribution is 2.22. The first kappa shape index (κ1) is 18.5. The third-order valence-electron chi connectivity index (χ3n) is 4.17. The van der Waals surface area contributed by atoms with Crippen LogP contribution in [0.3, 0.4) is 0 Å². The summed E-state index contributed by atoms with van der Waals surface area (Å²) < 4.78 is 5.82. The van der Waals surface area contributed by atoms with Crippen molar-refractivity contribution in [1.82, 2.24) is 0 Å². The van der Waals surface area contributed by atoms with E-state index in [-0.39, 0.29) is 12.3 Å². The van der Waals surface area contributed by atoms with E-state index in [1.54, 1.807) is 11.8 Å². The smallest absolute Gasteiger partial charge is 0.267 e. The molecule has 4 nitrogen and oxygen atoms in total. The molecule has 2 rings (SSSR count). The molecule has 1 amide bonds. The second-order valence-corrected chi connectivity index (χ2v) is 6.24. The Labute approximate surface area is 149 Å². The van der Waals surface area contributed by atoms with Gasteiger partial charge in [0.1, 0.15) is 5.75 Å². The fourth-order valence-electron chi connectivity index (χ4n) is 2.58.